The highest BCUT2D eigenvalue weighted by atomic mass is 32.3. The number of aliphatic hydroxyl groups excluding tert-OH is 2. The van der Waals surface area contributed by atoms with Crippen LogP contribution >= 0.6 is 0 Å². The molecule has 3 fully saturated rings. The molecule has 1 saturated carbocycles. The van der Waals surface area contributed by atoms with Crippen molar-refractivity contribution in [3.05, 3.63) is 0 Å². The van der Waals surface area contributed by atoms with Crippen LogP contribution in [0.2, 0.25) is 0 Å². The summed E-state index contributed by atoms with van der Waals surface area (Å²) in [5, 5.41) is 37.2. The van der Waals surface area contributed by atoms with E-state index in [1.54, 1.807) is 21.0 Å². The number of hydrogen-bond acceptors (Lipinski definition) is 11. The van der Waals surface area contributed by atoms with Gasteiger partial charge in [0.15, 0.2) is 5.78 Å². The van der Waals surface area contributed by atoms with E-state index >= 15 is 0 Å². The van der Waals surface area contributed by atoms with Gasteiger partial charge in [0.05, 0.1) is 24.3 Å². The Morgan fingerprint density at radius 3 is 1.84 bits per heavy atom. The van der Waals surface area contributed by atoms with Gasteiger partial charge in [-0.2, -0.15) is 8.42 Å². The van der Waals surface area contributed by atoms with Crippen LogP contribution in [0.1, 0.15) is 13.3 Å². The molecule has 0 amide bonds. The lowest BCUT2D eigenvalue weighted by atomic mass is 9.80. The molecule has 3 aliphatic rings. The number of ketones is 1. The van der Waals surface area contributed by atoms with Crippen molar-refractivity contribution in [3.63, 3.8) is 0 Å². The molecule has 2 aliphatic heterocycles. The van der Waals surface area contributed by atoms with E-state index in [0.29, 0.717) is 0 Å². The van der Waals surface area contributed by atoms with E-state index < -0.39 is 70.9 Å². The normalized spacial score (nSPS) is 40.3. The molecule has 0 aromatic carbocycles. The molecule has 0 aromatic heterocycles. The zero-order chi connectivity index (χ0) is 21.4. The highest BCUT2D eigenvalue weighted by molar-refractivity contribution is 7.79. The van der Waals surface area contributed by atoms with Crippen LogP contribution in [0.15, 0.2) is 0 Å². The molecule has 9 atom stereocenters. The van der Waals surface area contributed by atoms with E-state index in [-0.39, 0.29) is 28.3 Å². The standard InChI is InChI=1S/C14H24N2O7.H2O4S.4H2O/c1-5-4-6(17)14(20)13(21-5)22-12-10(19)7(15-2)9(18)8(16-3)11(12)23-14;1-5(2,3)4;;;;/h5,7-13,15-16,18-20H,4H2,1-3H3;(H2,1,2,3,4);4*1H2/t5?,7?,8?,9?,10?,11?,12?,13?,14-;;;;;/m0...../s1. The van der Waals surface area contributed by atoms with Crippen molar-refractivity contribution in [3.8, 4) is 0 Å². The van der Waals surface area contributed by atoms with Gasteiger partial charge in [-0.05, 0) is 21.0 Å². The van der Waals surface area contributed by atoms with Gasteiger partial charge >= 0.3 is 10.4 Å². The molecule has 18 heteroatoms. The summed E-state index contributed by atoms with van der Waals surface area (Å²) in [6.07, 6.45) is -5.58. The molecule has 0 radical (unpaired) electrons. The lowest BCUT2D eigenvalue weighted by molar-refractivity contribution is -0.420. The van der Waals surface area contributed by atoms with E-state index in [0.717, 1.165) is 0 Å². The molecule has 17 nitrogen and oxygen atoms in total. The van der Waals surface area contributed by atoms with Crippen LogP contribution in [0, 0.1) is 0 Å². The van der Waals surface area contributed by atoms with Crippen LogP contribution in [0.25, 0.3) is 0 Å². The molecule has 0 spiro atoms. The van der Waals surface area contributed by atoms with Crippen molar-refractivity contribution in [1.82, 2.24) is 10.6 Å². The van der Waals surface area contributed by atoms with Crippen LogP contribution in [-0.4, -0.2) is 129 Å². The summed E-state index contributed by atoms with van der Waals surface area (Å²) in [5.41, 5.74) is 0. The van der Waals surface area contributed by atoms with E-state index in [9.17, 15) is 20.1 Å². The topological polar surface area (TPSA) is 330 Å². The van der Waals surface area contributed by atoms with Crippen molar-refractivity contribution >= 4 is 16.2 Å². The SMILES string of the molecule is CNC1C(O)C(NC)C2O[C@@]3(O)C(=O)CC(C)OC3OC2C1O.O.O.O.O.O=S(=O)(O)O. The summed E-state index contributed by atoms with van der Waals surface area (Å²) in [6.45, 7) is 1.70. The highest BCUT2D eigenvalue weighted by Gasteiger charge is 2.63. The third-order valence-corrected chi connectivity index (χ3v) is 4.93. The number of nitrogens with one attached hydrogen (secondary N) is 2. The number of carbonyl (C=O) groups excluding carboxylic acids is 1. The van der Waals surface area contributed by atoms with E-state index in [4.69, 9.17) is 31.7 Å². The molecule has 3 rings (SSSR count). The first-order valence-corrected chi connectivity index (χ1v) is 9.88. The number of carbonyl (C=O) groups is 1. The average Bonchev–Trinajstić information content (AvgIpc) is 2.55. The largest absolute Gasteiger partial charge is 0.412 e. The van der Waals surface area contributed by atoms with Gasteiger partial charge in [0, 0.05) is 6.42 Å². The van der Waals surface area contributed by atoms with Crippen molar-refractivity contribution < 1.29 is 73.8 Å². The first-order valence-electron chi connectivity index (χ1n) is 8.48. The number of hydrogen-bond donors (Lipinski definition) is 7. The fraction of sp³-hybridized carbons (Fsp3) is 0.929. The Labute approximate surface area is 183 Å². The van der Waals surface area contributed by atoms with Crippen LogP contribution in [0.3, 0.4) is 0 Å². The Morgan fingerprint density at radius 1 is 0.938 bits per heavy atom. The smallest absolute Gasteiger partial charge is 0.394 e. The number of likely N-dealkylation sites (N-methyl/N-ethyl adjacent to an activating group) is 2. The minimum absolute atomic E-state index is 0. The molecule has 196 valence electrons. The first kappa shape index (κ1) is 35.6. The highest BCUT2D eigenvalue weighted by Crippen LogP contribution is 2.40. The lowest BCUT2D eigenvalue weighted by Crippen LogP contribution is -2.77. The molecule has 15 N–H and O–H groups in total. The van der Waals surface area contributed by atoms with Crippen LogP contribution in [-0.2, 0) is 29.4 Å². The van der Waals surface area contributed by atoms with Gasteiger partial charge in [-0.1, -0.05) is 0 Å². The minimum atomic E-state index is -4.67. The Hall–Kier alpha value is -0.940. The van der Waals surface area contributed by atoms with Gasteiger partial charge in [0.1, 0.15) is 18.3 Å². The second kappa shape index (κ2) is 13.1. The van der Waals surface area contributed by atoms with Gasteiger partial charge in [-0.15, -0.1) is 0 Å². The summed E-state index contributed by atoms with van der Waals surface area (Å²) in [5.74, 6) is -2.76. The van der Waals surface area contributed by atoms with Gasteiger partial charge in [-0.3, -0.25) is 13.9 Å². The maximum absolute atomic E-state index is 12.2. The molecule has 8 unspecified atom stereocenters. The second-order valence-electron chi connectivity index (χ2n) is 6.84. The minimum Gasteiger partial charge on any atom is -0.412 e. The molecule has 1 aliphatic carbocycles. The third kappa shape index (κ3) is 7.28. The Morgan fingerprint density at radius 2 is 1.41 bits per heavy atom. The lowest BCUT2D eigenvalue weighted by Gasteiger charge is -2.55. The van der Waals surface area contributed by atoms with Crippen molar-refractivity contribution in [2.75, 3.05) is 14.1 Å². The predicted molar refractivity (Wildman–Crippen MR) is 105 cm³/mol. The summed E-state index contributed by atoms with van der Waals surface area (Å²) in [4.78, 5) is 12.2. The van der Waals surface area contributed by atoms with E-state index in [1.165, 1.54) is 0 Å². The zero-order valence-electron chi connectivity index (χ0n) is 17.4. The Bertz CT molecular complexity index is 673. The maximum Gasteiger partial charge on any atom is 0.394 e. The van der Waals surface area contributed by atoms with Crippen LogP contribution in [0.5, 0.6) is 0 Å². The van der Waals surface area contributed by atoms with E-state index in [1.807, 2.05) is 0 Å². The third-order valence-electron chi connectivity index (χ3n) is 4.93. The molecule has 0 aromatic rings. The number of fused-ring (bicyclic) bond motifs is 2. The molecule has 0 bridgehead atoms. The predicted octanol–water partition coefficient (Wildman–Crippen LogP) is -6.88. The number of ether oxygens (including phenoxy) is 3. The fourth-order valence-electron chi connectivity index (χ4n) is 3.68. The second-order valence-corrected chi connectivity index (χ2v) is 7.74. The van der Waals surface area contributed by atoms with Gasteiger partial charge in [0.2, 0.25) is 6.29 Å². The van der Waals surface area contributed by atoms with E-state index in [2.05, 4.69) is 10.6 Å². The summed E-state index contributed by atoms with van der Waals surface area (Å²) in [6, 6.07) is -1.29. The summed E-state index contributed by atoms with van der Waals surface area (Å²) in [7, 11) is -1.43. The summed E-state index contributed by atoms with van der Waals surface area (Å²) >= 11 is 0. The van der Waals surface area contributed by atoms with Gasteiger partial charge in [-0.25, -0.2) is 0 Å². The number of rotatable bonds is 2. The quantitative estimate of drug-likeness (QED) is 0.173. The Balaban J connectivity index is -0.000000849. The first-order chi connectivity index (χ1) is 12.8. The van der Waals surface area contributed by atoms with Crippen molar-refractivity contribution in [1.29, 1.82) is 0 Å². The zero-order valence-corrected chi connectivity index (χ0v) is 18.2. The molecule has 2 heterocycles. The average molecular weight is 502 g/mol. The van der Waals surface area contributed by atoms with Gasteiger partial charge < -0.3 is 62.1 Å². The molecular weight excluding hydrogens is 468 g/mol. The fourth-order valence-corrected chi connectivity index (χ4v) is 3.68. The molecule has 2 saturated heterocycles. The Kier molecular flexibility index (Phi) is 14.6. The molecule has 32 heavy (non-hydrogen) atoms. The molecular formula is C14H34N2O15S. The van der Waals surface area contributed by atoms with Crippen molar-refractivity contribution in [2.24, 2.45) is 0 Å². The summed E-state index contributed by atoms with van der Waals surface area (Å²) < 4.78 is 48.4. The van der Waals surface area contributed by atoms with Gasteiger partial charge in [0.25, 0.3) is 5.79 Å². The number of Topliss-reactive ketones (excluding diaryl/α,β-unsaturated/α-hetero) is 1. The van der Waals surface area contributed by atoms with Crippen LogP contribution < -0.4 is 10.6 Å². The van der Waals surface area contributed by atoms with Crippen LogP contribution in [0.4, 0.5) is 0 Å². The van der Waals surface area contributed by atoms with Crippen molar-refractivity contribution in [2.45, 2.75) is 68.0 Å². The monoisotopic (exact) mass is 502 g/mol. The maximum atomic E-state index is 12.2. The number of aliphatic hydroxyl groups is 3.